The molecule has 0 aromatic heterocycles. The molecule has 0 bridgehead atoms. The van der Waals surface area contributed by atoms with Gasteiger partial charge in [-0.1, -0.05) is 11.6 Å². The molecule has 0 spiro atoms. The van der Waals surface area contributed by atoms with Crippen molar-refractivity contribution in [3.8, 4) is 0 Å². The highest BCUT2D eigenvalue weighted by molar-refractivity contribution is 6.31. The van der Waals surface area contributed by atoms with Crippen LogP contribution in [0.15, 0.2) is 18.2 Å². The number of nitrogens with zero attached hydrogens (tertiary/aromatic N) is 1. The summed E-state index contributed by atoms with van der Waals surface area (Å²) < 4.78 is 13.0. The van der Waals surface area contributed by atoms with Crippen LogP contribution in [-0.4, -0.2) is 19.1 Å². The highest BCUT2D eigenvalue weighted by Crippen LogP contribution is 2.24. The summed E-state index contributed by atoms with van der Waals surface area (Å²) >= 11 is 5.74. The van der Waals surface area contributed by atoms with Gasteiger partial charge < -0.3 is 10.6 Å². The lowest BCUT2D eigenvalue weighted by atomic mass is 10.1. The molecule has 1 heterocycles. The molecule has 0 radical (unpaired) electrons. The van der Waals surface area contributed by atoms with E-state index < -0.39 is 0 Å². The molecule has 2 rings (SSSR count). The van der Waals surface area contributed by atoms with Gasteiger partial charge in [0.05, 0.1) is 5.02 Å². The maximum atomic E-state index is 13.0. The molecule has 4 heteroatoms. The number of nitrogens with two attached hydrogens (primary N) is 1. The third kappa shape index (κ3) is 2.41. The SMILES string of the molecule is NC1CCCN(c2ccc(F)c(Cl)c2)C1. The Hall–Kier alpha value is -0.800. The van der Waals surface area contributed by atoms with Crippen molar-refractivity contribution in [3.05, 3.63) is 29.0 Å². The van der Waals surface area contributed by atoms with Gasteiger partial charge in [0.15, 0.2) is 0 Å². The van der Waals surface area contributed by atoms with Crippen molar-refractivity contribution in [3.63, 3.8) is 0 Å². The summed E-state index contributed by atoms with van der Waals surface area (Å²) in [7, 11) is 0. The Labute approximate surface area is 93.8 Å². The molecule has 1 unspecified atom stereocenters. The average Bonchev–Trinajstić information content (AvgIpc) is 2.22. The normalized spacial score (nSPS) is 21.8. The van der Waals surface area contributed by atoms with Gasteiger partial charge in [0.1, 0.15) is 5.82 Å². The van der Waals surface area contributed by atoms with Gasteiger partial charge in [-0.25, -0.2) is 4.39 Å². The zero-order chi connectivity index (χ0) is 10.8. The van der Waals surface area contributed by atoms with Crippen molar-refractivity contribution in [1.29, 1.82) is 0 Å². The van der Waals surface area contributed by atoms with Crippen molar-refractivity contribution in [2.24, 2.45) is 5.73 Å². The van der Waals surface area contributed by atoms with Crippen LogP contribution in [0.2, 0.25) is 5.02 Å². The third-order valence-electron chi connectivity index (χ3n) is 2.73. The maximum Gasteiger partial charge on any atom is 0.141 e. The summed E-state index contributed by atoms with van der Waals surface area (Å²) in [5.41, 5.74) is 6.84. The molecule has 2 N–H and O–H groups in total. The van der Waals surface area contributed by atoms with Crippen molar-refractivity contribution < 1.29 is 4.39 Å². The lowest BCUT2D eigenvalue weighted by Gasteiger charge is -2.32. The second kappa shape index (κ2) is 4.37. The standard InChI is InChI=1S/C11H14ClFN2/c12-10-6-9(3-4-11(10)13)15-5-1-2-8(14)7-15/h3-4,6,8H,1-2,5,7,14H2. The molecule has 15 heavy (non-hydrogen) atoms. The lowest BCUT2D eigenvalue weighted by molar-refractivity contribution is 0.506. The maximum absolute atomic E-state index is 13.0. The molecule has 1 aliphatic heterocycles. The number of rotatable bonds is 1. The zero-order valence-corrected chi connectivity index (χ0v) is 9.17. The molecule has 1 aliphatic rings. The predicted octanol–water partition coefficient (Wildman–Crippen LogP) is 2.41. The molecule has 0 amide bonds. The Kier molecular flexibility index (Phi) is 3.12. The topological polar surface area (TPSA) is 29.3 Å². The number of hydrogen-bond donors (Lipinski definition) is 1. The van der Waals surface area contributed by atoms with Crippen molar-refractivity contribution in [1.82, 2.24) is 0 Å². The fourth-order valence-corrected chi connectivity index (χ4v) is 2.10. The van der Waals surface area contributed by atoms with Gasteiger partial charge in [0.2, 0.25) is 0 Å². The van der Waals surface area contributed by atoms with Crippen molar-refractivity contribution >= 4 is 17.3 Å². The van der Waals surface area contributed by atoms with Gasteiger partial charge in [0, 0.05) is 24.8 Å². The molecule has 1 fully saturated rings. The van der Waals surface area contributed by atoms with Gasteiger partial charge in [-0.15, -0.1) is 0 Å². The quantitative estimate of drug-likeness (QED) is 0.800. The van der Waals surface area contributed by atoms with Crippen LogP contribution in [0.1, 0.15) is 12.8 Å². The fraction of sp³-hybridized carbons (Fsp3) is 0.455. The molecule has 1 saturated heterocycles. The van der Waals surface area contributed by atoms with E-state index in [0.29, 0.717) is 0 Å². The van der Waals surface area contributed by atoms with Crippen molar-refractivity contribution in [2.75, 3.05) is 18.0 Å². The number of halogens is 2. The van der Waals surface area contributed by atoms with Crippen molar-refractivity contribution in [2.45, 2.75) is 18.9 Å². The van der Waals surface area contributed by atoms with E-state index >= 15 is 0 Å². The van der Waals surface area contributed by atoms with E-state index in [-0.39, 0.29) is 16.9 Å². The van der Waals surface area contributed by atoms with E-state index in [1.54, 1.807) is 12.1 Å². The third-order valence-corrected chi connectivity index (χ3v) is 3.02. The first kappa shape index (κ1) is 10.7. The molecule has 2 nitrogen and oxygen atoms in total. The van der Waals surface area contributed by atoms with Crippen LogP contribution >= 0.6 is 11.6 Å². The van der Waals surface area contributed by atoms with Gasteiger partial charge in [0.25, 0.3) is 0 Å². The summed E-state index contributed by atoms with van der Waals surface area (Å²) in [5, 5.41) is 0.173. The Morgan fingerprint density at radius 2 is 2.27 bits per heavy atom. The molecule has 0 aliphatic carbocycles. The minimum absolute atomic E-state index is 0.173. The smallest absolute Gasteiger partial charge is 0.141 e. The minimum atomic E-state index is -0.373. The van der Waals surface area contributed by atoms with Gasteiger partial charge in [-0.05, 0) is 31.0 Å². The number of hydrogen-bond acceptors (Lipinski definition) is 2. The van der Waals surface area contributed by atoms with E-state index in [1.807, 2.05) is 0 Å². The summed E-state index contributed by atoms with van der Waals surface area (Å²) in [6.45, 7) is 1.79. The van der Waals surface area contributed by atoms with E-state index in [9.17, 15) is 4.39 Å². The fourth-order valence-electron chi connectivity index (χ4n) is 1.93. The summed E-state index contributed by atoms with van der Waals surface area (Å²) in [5.74, 6) is -0.373. The van der Waals surface area contributed by atoms with Crippen LogP contribution in [0.5, 0.6) is 0 Å². The number of anilines is 1. The summed E-state index contributed by atoms with van der Waals surface area (Å²) in [6.07, 6.45) is 2.14. The Morgan fingerprint density at radius 3 is 2.93 bits per heavy atom. The van der Waals surface area contributed by atoms with Gasteiger partial charge >= 0.3 is 0 Å². The van der Waals surface area contributed by atoms with Gasteiger partial charge in [-0.2, -0.15) is 0 Å². The monoisotopic (exact) mass is 228 g/mol. The molecule has 82 valence electrons. The lowest BCUT2D eigenvalue weighted by Crippen LogP contribution is -2.42. The molecule has 1 aromatic carbocycles. The highest BCUT2D eigenvalue weighted by Gasteiger charge is 2.17. The highest BCUT2D eigenvalue weighted by atomic mass is 35.5. The van der Waals surface area contributed by atoms with Crippen LogP contribution in [0, 0.1) is 5.82 Å². The van der Waals surface area contributed by atoms with Crippen LogP contribution in [0.4, 0.5) is 10.1 Å². The number of piperidine rings is 1. The molecule has 1 atom stereocenters. The minimum Gasteiger partial charge on any atom is -0.370 e. The zero-order valence-electron chi connectivity index (χ0n) is 8.42. The molecule has 0 saturated carbocycles. The van der Waals surface area contributed by atoms with Crippen LogP contribution in [0.25, 0.3) is 0 Å². The van der Waals surface area contributed by atoms with Crippen LogP contribution < -0.4 is 10.6 Å². The first-order chi connectivity index (χ1) is 7.16. The van der Waals surface area contributed by atoms with Crippen LogP contribution in [-0.2, 0) is 0 Å². The Bertz CT molecular complexity index is 356. The largest absolute Gasteiger partial charge is 0.370 e. The Morgan fingerprint density at radius 1 is 1.47 bits per heavy atom. The first-order valence-corrected chi connectivity index (χ1v) is 5.50. The Balaban J connectivity index is 2.18. The van der Waals surface area contributed by atoms with Crippen LogP contribution in [0.3, 0.4) is 0 Å². The van der Waals surface area contributed by atoms with Gasteiger partial charge in [-0.3, -0.25) is 0 Å². The van der Waals surface area contributed by atoms with E-state index in [4.69, 9.17) is 17.3 Å². The number of benzene rings is 1. The predicted molar refractivity (Wildman–Crippen MR) is 60.8 cm³/mol. The summed E-state index contributed by atoms with van der Waals surface area (Å²) in [6, 6.07) is 5.02. The first-order valence-electron chi connectivity index (χ1n) is 5.12. The summed E-state index contributed by atoms with van der Waals surface area (Å²) in [4.78, 5) is 2.15. The molecule has 1 aromatic rings. The second-order valence-corrected chi connectivity index (χ2v) is 4.35. The van der Waals surface area contributed by atoms with E-state index in [1.165, 1.54) is 6.07 Å². The van der Waals surface area contributed by atoms with E-state index in [0.717, 1.165) is 31.6 Å². The molecular weight excluding hydrogens is 215 g/mol. The molecular formula is C11H14ClFN2. The second-order valence-electron chi connectivity index (χ2n) is 3.95. The average molecular weight is 229 g/mol. The van der Waals surface area contributed by atoms with E-state index in [2.05, 4.69) is 4.90 Å².